The fraction of sp³-hybridized carbons (Fsp3) is 0.250. The number of halogens is 2. The van der Waals surface area contributed by atoms with Crippen LogP contribution in [-0.4, -0.2) is 6.04 Å². The lowest BCUT2D eigenvalue weighted by atomic mass is 10.1. The van der Waals surface area contributed by atoms with Gasteiger partial charge in [0.1, 0.15) is 5.82 Å². The summed E-state index contributed by atoms with van der Waals surface area (Å²) in [4.78, 5) is 1.69. The third-order valence-electron chi connectivity index (χ3n) is 3.09. The number of hydrogen-bond donors (Lipinski definition) is 1. The molecule has 0 amide bonds. The van der Waals surface area contributed by atoms with Gasteiger partial charge in [0.05, 0.1) is 0 Å². The molecule has 1 nitrogen and oxygen atoms in total. The SMILES string of the molecule is CCC(N)Cc1ccc(Br)cc1Sc1ccccc1F. The van der Waals surface area contributed by atoms with Crippen molar-refractivity contribution in [2.45, 2.75) is 35.6 Å². The second-order valence-corrected chi connectivity index (χ2v) is 6.66. The third-order valence-corrected chi connectivity index (χ3v) is 4.74. The van der Waals surface area contributed by atoms with Gasteiger partial charge in [-0.15, -0.1) is 0 Å². The van der Waals surface area contributed by atoms with Crippen molar-refractivity contribution in [3.63, 3.8) is 0 Å². The van der Waals surface area contributed by atoms with Crippen LogP contribution in [0.3, 0.4) is 0 Å². The Balaban J connectivity index is 2.30. The summed E-state index contributed by atoms with van der Waals surface area (Å²) in [5.74, 6) is -0.191. The highest BCUT2D eigenvalue weighted by Crippen LogP contribution is 2.34. The highest BCUT2D eigenvalue weighted by Gasteiger charge is 2.11. The van der Waals surface area contributed by atoms with E-state index in [1.807, 2.05) is 18.2 Å². The molecule has 0 bridgehead atoms. The fourth-order valence-electron chi connectivity index (χ4n) is 1.86. The lowest BCUT2D eigenvalue weighted by Gasteiger charge is -2.14. The summed E-state index contributed by atoms with van der Waals surface area (Å²) in [6.45, 7) is 2.08. The summed E-state index contributed by atoms with van der Waals surface area (Å²) < 4.78 is 14.8. The number of nitrogens with two attached hydrogens (primary N) is 1. The summed E-state index contributed by atoms with van der Waals surface area (Å²) in [5, 5.41) is 0. The summed E-state index contributed by atoms with van der Waals surface area (Å²) in [7, 11) is 0. The molecule has 4 heteroatoms. The Morgan fingerprint density at radius 2 is 1.95 bits per heavy atom. The summed E-state index contributed by atoms with van der Waals surface area (Å²) in [5.41, 5.74) is 7.20. The van der Waals surface area contributed by atoms with Gasteiger partial charge in [-0.2, -0.15) is 0 Å². The van der Waals surface area contributed by atoms with Crippen LogP contribution in [0, 0.1) is 5.82 Å². The smallest absolute Gasteiger partial charge is 0.137 e. The first-order valence-corrected chi connectivity index (χ1v) is 8.17. The van der Waals surface area contributed by atoms with Gasteiger partial charge >= 0.3 is 0 Å². The van der Waals surface area contributed by atoms with E-state index in [0.29, 0.717) is 4.90 Å². The highest BCUT2D eigenvalue weighted by molar-refractivity contribution is 9.10. The molecule has 2 N–H and O–H groups in total. The zero-order valence-electron chi connectivity index (χ0n) is 11.3. The van der Waals surface area contributed by atoms with Crippen LogP contribution >= 0.6 is 27.7 Å². The van der Waals surface area contributed by atoms with Gasteiger partial charge in [0.15, 0.2) is 0 Å². The molecule has 1 atom stereocenters. The molecule has 20 heavy (non-hydrogen) atoms. The normalized spacial score (nSPS) is 12.4. The molecule has 0 aliphatic carbocycles. The molecule has 0 aromatic heterocycles. The Morgan fingerprint density at radius 1 is 1.20 bits per heavy atom. The average molecular weight is 354 g/mol. The quantitative estimate of drug-likeness (QED) is 0.816. The Morgan fingerprint density at radius 3 is 2.65 bits per heavy atom. The molecule has 2 aromatic rings. The molecule has 0 radical (unpaired) electrons. The Hall–Kier alpha value is -0.840. The van der Waals surface area contributed by atoms with E-state index in [0.717, 1.165) is 27.8 Å². The third kappa shape index (κ3) is 4.08. The molecule has 0 spiro atoms. The maximum Gasteiger partial charge on any atom is 0.137 e. The zero-order valence-corrected chi connectivity index (χ0v) is 13.7. The first kappa shape index (κ1) is 15.5. The molecule has 2 aromatic carbocycles. The van der Waals surface area contributed by atoms with Crippen LogP contribution in [0.5, 0.6) is 0 Å². The van der Waals surface area contributed by atoms with Gasteiger partial charge in [-0.3, -0.25) is 0 Å². The second kappa shape index (κ2) is 7.25. The molecule has 106 valence electrons. The second-order valence-electron chi connectivity index (χ2n) is 4.66. The zero-order chi connectivity index (χ0) is 14.5. The Bertz CT molecular complexity index is 588. The van der Waals surface area contributed by atoms with E-state index in [1.165, 1.54) is 17.8 Å². The minimum Gasteiger partial charge on any atom is -0.327 e. The van der Waals surface area contributed by atoms with Crippen LogP contribution in [0.25, 0.3) is 0 Å². The number of rotatable bonds is 5. The van der Waals surface area contributed by atoms with Crippen molar-refractivity contribution >= 4 is 27.7 Å². The van der Waals surface area contributed by atoms with Crippen molar-refractivity contribution in [3.05, 3.63) is 58.3 Å². The van der Waals surface area contributed by atoms with Gasteiger partial charge in [0.2, 0.25) is 0 Å². The topological polar surface area (TPSA) is 26.0 Å². The minimum atomic E-state index is -0.191. The molecular weight excluding hydrogens is 337 g/mol. The average Bonchev–Trinajstić information content (AvgIpc) is 2.44. The van der Waals surface area contributed by atoms with Crippen molar-refractivity contribution in [1.29, 1.82) is 0 Å². The van der Waals surface area contributed by atoms with Crippen LogP contribution in [0.1, 0.15) is 18.9 Å². The summed E-state index contributed by atoms with van der Waals surface area (Å²) >= 11 is 4.92. The highest BCUT2D eigenvalue weighted by atomic mass is 79.9. The minimum absolute atomic E-state index is 0.135. The molecule has 1 unspecified atom stereocenters. The van der Waals surface area contributed by atoms with Gasteiger partial charge in [-0.1, -0.05) is 52.8 Å². The standard InChI is InChI=1S/C16H17BrFNS/c1-2-13(19)9-11-7-8-12(17)10-16(11)20-15-6-4-3-5-14(15)18/h3-8,10,13H,2,9,19H2,1H3. The molecule has 0 aliphatic heterocycles. The predicted octanol–water partition coefficient (Wildman–Crippen LogP) is 5.02. The first-order chi connectivity index (χ1) is 9.60. The molecular formula is C16H17BrFNS. The Labute approximate surface area is 131 Å². The van der Waals surface area contributed by atoms with Crippen molar-refractivity contribution in [2.24, 2.45) is 5.73 Å². The summed E-state index contributed by atoms with van der Waals surface area (Å²) in [6.07, 6.45) is 1.74. The maximum absolute atomic E-state index is 13.8. The molecule has 0 saturated heterocycles. The van der Waals surface area contributed by atoms with Crippen molar-refractivity contribution in [2.75, 3.05) is 0 Å². The molecule has 0 fully saturated rings. The van der Waals surface area contributed by atoms with Gasteiger partial charge in [0, 0.05) is 20.3 Å². The van der Waals surface area contributed by atoms with Gasteiger partial charge in [-0.25, -0.2) is 4.39 Å². The first-order valence-electron chi connectivity index (χ1n) is 6.56. The fourth-order valence-corrected chi connectivity index (χ4v) is 3.39. The summed E-state index contributed by atoms with van der Waals surface area (Å²) in [6, 6.07) is 13.0. The van der Waals surface area contributed by atoms with Crippen LogP contribution < -0.4 is 5.73 Å². The lowest BCUT2D eigenvalue weighted by molar-refractivity contribution is 0.602. The molecule has 2 rings (SSSR count). The Kier molecular flexibility index (Phi) is 5.64. The maximum atomic E-state index is 13.8. The molecule has 0 heterocycles. The van der Waals surface area contributed by atoms with Crippen LogP contribution in [-0.2, 0) is 6.42 Å². The number of benzene rings is 2. The van der Waals surface area contributed by atoms with Crippen LogP contribution in [0.4, 0.5) is 4.39 Å². The monoisotopic (exact) mass is 353 g/mol. The van der Waals surface area contributed by atoms with Gasteiger partial charge in [-0.05, 0) is 42.7 Å². The van der Waals surface area contributed by atoms with E-state index in [2.05, 4.69) is 28.9 Å². The van der Waals surface area contributed by atoms with E-state index in [1.54, 1.807) is 12.1 Å². The van der Waals surface area contributed by atoms with Crippen LogP contribution in [0.2, 0.25) is 0 Å². The van der Waals surface area contributed by atoms with E-state index in [4.69, 9.17) is 5.73 Å². The molecule has 0 saturated carbocycles. The van der Waals surface area contributed by atoms with Crippen LogP contribution in [0.15, 0.2) is 56.7 Å². The van der Waals surface area contributed by atoms with Gasteiger partial charge < -0.3 is 5.73 Å². The van der Waals surface area contributed by atoms with Crippen molar-refractivity contribution < 1.29 is 4.39 Å². The lowest BCUT2D eigenvalue weighted by Crippen LogP contribution is -2.21. The molecule has 0 aliphatic rings. The van der Waals surface area contributed by atoms with E-state index >= 15 is 0 Å². The largest absolute Gasteiger partial charge is 0.327 e. The van der Waals surface area contributed by atoms with Crippen molar-refractivity contribution in [3.8, 4) is 0 Å². The number of hydrogen-bond acceptors (Lipinski definition) is 2. The predicted molar refractivity (Wildman–Crippen MR) is 86.6 cm³/mol. The van der Waals surface area contributed by atoms with Gasteiger partial charge in [0.25, 0.3) is 0 Å². The van der Waals surface area contributed by atoms with E-state index < -0.39 is 0 Å². The van der Waals surface area contributed by atoms with E-state index in [9.17, 15) is 4.39 Å². The van der Waals surface area contributed by atoms with E-state index in [-0.39, 0.29) is 11.9 Å². The van der Waals surface area contributed by atoms with Crippen molar-refractivity contribution in [1.82, 2.24) is 0 Å².